The molecule has 1 aliphatic rings. The van der Waals surface area contributed by atoms with Crippen LogP contribution in [0.3, 0.4) is 0 Å². The van der Waals surface area contributed by atoms with Gasteiger partial charge in [0, 0.05) is 6.54 Å². The number of carbonyl (C=O) groups is 3. The van der Waals surface area contributed by atoms with Crippen molar-refractivity contribution in [1.82, 2.24) is 10.2 Å². The fraction of sp³-hybridized carbons (Fsp3) is 0.364. The van der Waals surface area contributed by atoms with Crippen LogP contribution in [0.1, 0.15) is 9.67 Å². The number of nitrogens with zero attached hydrogens (tertiary/aromatic N) is 1. The van der Waals surface area contributed by atoms with E-state index in [2.05, 4.69) is 5.32 Å². The van der Waals surface area contributed by atoms with Crippen molar-refractivity contribution in [2.75, 3.05) is 20.2 Å². The first-order valence-corrected chi connectivity index (χ1v) is 6.34. The minimum Gasteiger partial charge on any atom is -0.495 e. The molecule has 19 heavy (non-hydrogen) atoms. The van der Waals surface area contributed by atoms with E-state index in [-0.39, 0.29) is 19.0 Å². The molecule has 0 spiro atoms. The fourth-order valence-electron chi connectivity index (χ4n) is 1.82. The van der Waals surface area contributed by atoms with Crippen molar-refractivity contribution in [2.24, 2.45) is 0 Å². The van der Waals surface area contributed by atoms with Gasteiger partial charge in [0.25, 0.3) is 5.91 Å². The second kappa shape index (κ2) is 5.27. The first-order valence-electron chi connectivity index (χ1n) is 5.46. The highest BCUT2D eigenvalue weighted by Gasteiger charge is 2.36. The van der Waals surface area contributed by atoms with Crippen LogP contribution in [-0.2, 0) is 9.59 Å². The average Bonchev–Trinajstić information content (AvgIpc) is 2.85. The van der Waals surface area contributed by atoms with Gasteiger partial charge in [0.05, 0.1) is 7.11 Å². The fourth-order valence-corrected chi connectivity index (χ4v) is 2.63. The van der Waals surface area contributed by atoms with E-state index in [1.54, 1.807) is 11.4 Å². The van der Waals surface area contributed by atoms with Crippen molar-refractivity contribution in [3.63, 3.8) is 0 Å². The largest absolute Gasteiger partial charge is 0.495 e. The molecule has 2 rings (SSSR count). The van der Waals surface area contributed by atoms with E-state index in [1.807, 2.05) is 0 Å². The molecule has 0 aliphatic carbocycles. The maximum absolute atomic E-state index is 12.3. The van der Waals surface area contributed by atoms with Gasteiger partial charge in [-0.3, -0.25) is 9.59 Å². The monoisotopic (exact) mass is 284 g/mol. The van der Waals surface area contributed by atoms with E-state index in [9.17, 15) is 14.4 Å². The lowest BCUT2D eigenvalue weighted by Gasteiger charge is -2.32. The summed E-state index contributed by atoms with van der Waals surface area (Å²) in [5.41, 5.74) is 0. The lowest BCUT2D eigenvalue weighted by molar-refractivity contribution is -0.144. The predicted octanol–water partition coefficient (Wildman–Crippen LogP) is -0.218. The Kier molecular flexibility index (Phi) is 3.70. The maximum Gasteiger partial charge on any atom is 0.328 e. The Labute approximate surface area is 112 Å². The summed E-state index contributed by atoms with van der Waals surface area (Å²) in [6, 6.07) is 0.564. The number of rotatable bonds is 3. The van der Waals surface area contributed by atoms with E-state index < -0.39 is 17.9 Å². The number of methoxy groups -OCH3 is 1. The zero-order valence-electron chi connectivity index (χ0n) is 10.1. The van der Waals surface area contributed by atoms with E-state index >= 15 is 0 Å². The molecule has 1 atom stereocenters. The Morgan fingerprint density at radius 2 is 2.32 bits per heavy atom. The molecule has 7 nitrogen and oxygen atoms in total. The molecule has 0 radical (unpaired) electrons. The van der Waals surface area contributed by atoms with Crippen LogP contribution >= 0.6 is 11.3 Å². The summed E-state index contributed by atoms with van der Waals surface area (Å²) in [6.45, 7) is -0.357. The van der Waals surface area contributed by atoms with Gasteiger partial charge in [0.15, 0.2) is 0 Å². The standard InChI is InChI=1S/C11H12N2O5S/c1-18-7-2-3-19-9(7)10(15)13-5-8(14)12-4-6(13)11(16)17/h2-3,6H,4-5H2,1H3,(H,12,14)(H,16,17). The van der Waals surface area contributed by atoms with Gasteiger partial charge in [-0.15, -0.1) is 11.3 Å². The number of aliphatic carboxylic acids is 1. The van der Waals surface area contributed by atoms with Crippen LogP contribution in [0.4, 0.5) is 0 Å². The smallest absolute Gasteiger partial charge is 0.328 e. The minimum atomic E-state index is -1.15. The number of nitrogens with one attached hydrogen (secondary N) is 1. The average molecular weight is 284 g/mol. The number of carbonyl (C=O) groups excluding carboxylic acids is 2. The van der Waals surface area contributed by atoms with Gasteiger partial charge in [0.2, 0.25) is 5.91 Å². The van der Waals surface area contributed by atoms with E-state index in [4.69, 9.17) is 9.84 Å². The summed E-state index contributed by atoms with van der Waals surface area (Å²) < 4.78 is 5.03. The van der Waals surface area contributed by atoms with Crippen LogP contribution in [0.2, 0.25) is 0 Å². The number of ether oxygens (including phenoxy) is 1. The third-order valence-corrected chi connectivity index (χ3v) is 3.66. The summed E-state index contributed by atoms with van der Waals surface area (Å²) in [5, 5.41) is 13.2. The summed E-state index contributed by atoms with van der Waals surface area (Å²) in [5.74, 6) is -1.65. The molecule has 2 amide bonds. The highest BCUT2D eigenvalue weighted by Crippen LogP contribution is 2.27. The number of carboxylic acids is 1. The molecule has 1 aliphatic heterocycles. The van der Waals surface area contributed by atoms with Crippen LogP contribution in [0.25, 0.3) is 0 Å². The van der Waals surface area contributed by atoms with Crippen LogP contribution in [-0.4, -0.2) is 54.0 Å². The van der Waals surface area contributed by atoms with Crippen LogP contribution in [0.5, 0.6) is 5.75 Å². The third-order valence-electron chi connectivity index (χ3n) is 2.77. The van der Waals surface area contributed by atoms with Gasteiger partial charge >= 0.3 is 5.97 Å². The zero-order chi connectivity index (χ0) is 14.0. The first-order chi connectivity index (χ1) is 9.04. The van der Waals surface area contributed by atoms with Crippen molar-refractivity contribution in [2.45, 2.75) is 6.04 Å². The molecule has 0 aromatic carbocycles. The minimum absolute atomic E-state index is 0.0897. The molecule has 0 bridgehead atoms. The quantitative estimate of drug-likeness (QED) is 0.800. The molecule has 102 valence electrons. The molecule has 1 aromatic rings. The van der Waals surface area contributed by atoms with Crippen LogP contribution in [0.15, 0.2) is 11.4 Å². The molecular weight excluding hydrogens is 272 g/mol. The van der Waals surface area contributed by atoms with Gasteiger partial charge in [0.1, 0.15) is 23.2 Å². The Balaban J connectivity index is 2.29. The topological polar surface area (TPSA) is 95.9 Å². The second-order valence-corrected chi connectivity index (χ2v) is 4.83. The number of amides is 2. The molecule has 1 unspecified atom stereocenters. The summed E-state index contributed by atoms with van der Waals surface area (Å²) in [4.78, 5) is 36.1. The number of carboxylic acid groups (broad SMARTS) is 1. The third kappa shape index (κ3) is 2.53. The van der Waals surface area contributed by atoms with Crippen molar-refractivity contribution in [3.05, 3.63) is 16.3 Å². The van der Waals surface area contributed by atoms with Gasteiger partial charge in [-0.1, -0.05) is 0 Å². The van der Waals surface area contributed by atoms with Gasteiger partial charge in [-0.25, -0.2) is 4.79 Å². The molecule has 1 saturated heterocycles. The Bertz CT molecular complexity index is 527. The Morgan fingerprint density at radius 1 is 1.58 bits per heavy atom. The number of thiophene rings is 1. The normalized spacial score (nSPS) is 18.9. The van der Waals surface area contributed by atoms with Gasteiger partial charge < -0.3 is 20.1 Å². The first kappa shape index (κ1) is 13.3. The van der Waals surface area contributed by atoms with Gasteiger partial charge in [-0.2, -0.15) is 0 Å². The zero-order valence-corrected chi connectivity index (χ0v) is 10.9. The van der Waals surface area contributed by atoms with Gasteiger partial charge in [-0.05, 0) is 11.4 Å². The highest BCUT2D eigenvalue weighted by molar-refractivity contribution is 7.12. The van der Waals surface area contributed by atoms with E-state index in [0.29, 0.717) is 10.6 Å². The Hall–Kier alpha value is -2.09. The number of hydrogen-bond donors (Lipinski definition) is 2. The lowest BCUT2D eigenvalue weighted by Crippen LogP contribution is -2.59. The highest BCUT2D eigenvalue weighted by atomic mass is 32.1. The molecule has 2 N–H and O–H groups in total. The molecule has 1 aromatic heterocycles. The molecule has 1 fully saturated rings. The van der Waals surface area contributed by atoms with Crippen molar-refractivity contribution >= 4 is 29.1 Å². The van der Waals surface area contributed by atoms with Crippen molar-refractivity contribution in [1.29, 1.82) is 0 Å². The lowest BCUT2D eigenvalue weighted by atomic mass is 10.1. The van der Waals surface area contributed by atoms with Crippen molar-refractivity contribution in [3.8, 4) is 5.75 Å². The number of hydrogen-bond acceptors (Lipinski definition) is 5. The summed E-state index contributed by atoms with van der Waals surface area (Å²) in [6.07, 6.45) is 0. The van der Waals surface area contributed by atoms with E-state index in [0.717, 1.165) is 16.2 Å². The molecule has 2 heterocycles. The predicted molar refractivity (Wildman–Crippen MR) is 66.3 cm³/mol. The SMILES string of the molecule is COc1ccsc1C(=O)N1CC(=O)NCC1C(=O)O. The van der Waals surface area contributed by atoms with Crippen LogP contribution < -0.4 is 10.1 Å². The second-order valence-electron chi connectivity index (χ2n) is 3.91. The Morgan fingerprint density at radius 3 is 2.95 bits per heavy atom. The number of piperazine rings is 1. The molecular formula is C11H12N2O5S. The van der Waals surface area contributed by atoms with Crippen molar-refractivity contribution < 1.29 is 24.2 Å². The maximum atomic E-state index is 12.3. The molecule has 0 saturated carbocycles. The summed E-state index contributed by atoms with van der Waals surface area (Å²) in [7, 11) is 1.43. The molecule has 8 heteroatoms. The van der Waals surface area contributed by atoms with Crippen LogP contribution in [0, 0.1) is 0 Å². The van der Waals surface area contributed by atoms with E-state index in [1.165, 1.54) is 7.11 Å². The summed E-state index contributed by atoms with van der Waals surface area (Å²) >= 11 is 1.15.